The molecule has 3 aromatic rings. The molecule has 2 aromatic carbocycles. The van der Waals surface area contributed by atoms with Crippen LogP contribution in [-0.2, 0) is 13.1 Å². The van der Waals surface area contributed by atoms with Crippen molar-refractivity contribution in [2.24, 2.45) is 0 Å². The van der Waals surface area contributed by atoms with Crippen molar-refractivity contribution in [1.29, 1.82) is 0 Å². The van der Waals surface area contributed by atoms with Gasteiger partial charge in [-0.1, -0.05) is 48.5 Å². The Kier molecular flexibility index (Phi) is 3.52. The van der Waals surface area contributed by atoms with E-state index in [1.54, 1.807) is 0 Å². The largest absolute Gasteiger partial charge is 0.437 e. The topological polar surface area (TPSA) is 59.1 Å². The summed E-state index contributed by atoms with van der Waals surface area (Å²) in [6.07, 6.45) is 1.52. The van der Waals surface area contributed by atoms with Crippen LogP contribution in [0.2, 0.25) is 0 Å². The summed E-state index contributed by atoms with van der Waals surface area (Å²) in [5, 5.41) is 6.72. The van der Waals surface area contributed by atoms with Crippen LogP contribution in [0.5, 0.6) is 11.6 Å². The fraction of sp³-hybridized carbons (Fsp3) is 0.111. The van der Waals surface area contributed by atoms with Gasteiger partial charge in [0.2, 0.25) is 5.88 Å². The molecule has 0 spiro atoms. The van der Waals surface area contributed by atoms with Crippen molar-refractivity contribution in [2.75, 3.05) is 10.6 Å². The third-order valence-corrected chi connectivity index (χ3v) is 3.75. The van der Waals surface area contributed by atoms with Crippen molar-refractivity contribution in [1.82, 2.24) is 9.97 Å². The molecule has 0 bridgehead atoms. The van der Waals surface area contributed by atoms with Crippen molar-refractivity contribution in [3.8, 4) is 11.6 Å². The van der Waals surface area contributed by atoms with Crippen molar-refractivity contribution in [2.45, 2.75) is 13.1 Å². The molecule has 0 amide bonds. The zero-order valence-electron chi connectivity index (χ0n) is 12.5. The second-order valence-electron chi connectivity index (χ2n) is 5.30. The average Bonchev–Trinajstić information content (AvgIpc) is 2.80. The maximum atomic E-state index is 5.94. The van der Waals surface area contributed by atoms with Crippen LogP contribution in [0.25, 0.3) is 0 Å². The molecular formula is C18H16N4O. The van der Waals surface area contributed by atoms with Crippen molar-refractivity contribution < 1.29 is 4.74 Å². The number of rotatable bonds is 3. The number of fused-ring (bicyclic) bond motifs is 2. The molecule has 1 aromatic heterocycles. The molecule has 5 nitrogen and oxygen atoms in total. The predicted molar refractivity (Wildman–Crippen MR) is 89.6 cm³/mol. The van der Waals surface area contributed by atoms with Crippen LogP contribution in [0, 0.1) is 0 Å². The first kappa shape index (κ1) is 13.6. The smallest absolute Gasteiger partial charge is 0.248 e. The summed E-state index contributed by atoms with van der Waals surface area (Å²) in [5.41, 5.74) is 3.08. The van der Waals surface area contributed by atoms with Crippen LogP contribution in [0.4, 0.5) is 11.5 Å². The highest BCUT2D eigenvalue weighted by molar-refractivity contribution is 5.71. The van der Waals surface area contributed by atoms with Gasteiger partial charge in [0.05, 0.1) is 0 Å². The third-order valence-electron chi connectivity index (χ3n) is 3.75. The molecule has 23 heavy (non-hydrogen) atoms. The number of anilines is 2. The zero-order chi connectivity index (χ0) is 15.5. The predicted octanol–water partition coefficient (Wildman–Crippen LogP) is 3.81. The monoisotopic (exact) mass is 304 g/mol. The highest BCUT2D eigenvalue weighted by Crippen LogP contribution is 2.37. The molecule has 1 aliphatic heterocycles. The number of hydrogen-bond acceptors (Lipinski definition) is 5. The minimum atomic E-state index is 0.542. The van der Waals surface area contributed by atoms with Gasteiger partial charge in [-0.15, -0.1) is 0 Å². The molecule has 0 saturated heterocycles. The van der Waals surface area contributed by atoms with E-state index >= 15 is 0 Å². The second-order valence-corrected chi connectivity index (χ2v) is 5.30. The molecule has 114 valence electrons. The van der Waals surface area contributed by atoms with Gasteiger partial charge in [-0.3, -0.25) is 0 Å². The van der Waals surface area contributed by atoms with Gasteiger partial charge in [0, 0.05) is 18.7 Å². The summed E-state index contributed by atoms with van der Waals surface area (Å²) < 4.78 is 5.94. The normalized spacial score (nSPS) is 12.2. The Hall–Kier alpha value is -3.08. The van der Waals surface area contributed by atoms with Gasteiger partial charge < -0.3 is 15.4 Å². The van der Waals surface area contributed by atoms with E-state index in [0.29, 0.717) is 19.0 Å². The molecule has 0 unspecified atom stereocenters. The van der Waals surface area contributed by atoms with E-state index in [1.807, 2.05) is 42.5 Å². The van der Waals surface area contributed by atoms with Crippen LogP contribution in [0.3, 0.4) is 0 Å². The van der Waals surface area contributed by atoms with Crippen LogP contribution < -0.4 is 15.4 Å². The van der Waals surface area contributed by atoms with Crippen LogP contribution in [-0.4, -0.2) is 9.97 Å². The number of benzene rings is 2. The summed E-state index contributed by atoms with van der Waals surface area (Å²) >= 11 is 0. The molecule has 0 fully saturated rings. The SMILES string of the molecule is c1ccc(CNc2ncnc3c2NCc2ccccc2O3)cc1. The van der Waals surface area contributed by atoms with E-state index in [-0.39, 0.29) is 0 Å². The number of para-hydroxylation sites is 1. The Balaban J connectivity index is 1.60. The lowest BCUT2D eigenvalue weighted by molar-refractivity contribution is 0.464. The Morgan fingerprint density at radius 2 is 1.83 bits per heavy atom. The van der Waals surface area contributed by atoms with E-state index in [1.165, 1.54) is 11.9 Å². The van der Waals surface area contributed by atoms with Crippen molar-refractivity contribution in [3.63, 3.8) is 0 Å². The molecule has 5 heteroatoms. The highest BCUT2D eigenvalue weighted by Gasteiger charge is 2.18. The maximum Gasteiger partial charge on any atom is 0.248 e. The minimum Gasteiger partial charge on any atom is -0.437 e. The molecule has 0 atom stereocenters. The first-order valence-corrected chi connectivity index (χ1v) is 7.52. The number of nitrogens with zero attached hydrogens (tertiary/aromatic N) is 2. The molecule has 0 aliphatic carbocycles. The quantitative estimate of drug-likeness (QED) is 0.770. The summed E-state index contributed by atoms with van der Waals surface area (Å²) in [4.78, 5) is 8.60. The fourth-order valence-electron chi connectivity index (χ4n) is 2.56. The molecule has 4 rings (SSSR count). The van der Waals surface area contributed by atoms with Gasteiger partial charge in [-0.25, -0.2) is 4.98 Å². The minimum absolute atomic E-state index is 0.542. The Morgan fingerprint density at radius 1 is 1.00 bits per heavy atom. The Morgan fingerprint density at radius 3 is 2.74 bits per heavy atom. The van der Waals surface area contributed by atoms with Crippen LogP contribution >= 0.6 is 0 Å². The van der Waals surface area contributed by atoms with E-state index < -0.39 is 0 Å². The molecule has 2 heterocycles. The molecule has 1 aliphatic rings. The fourth-order valence-corrected chi connectivity index (χ4v) is 2.56. The summed E-state index contributed by atoms with van der Waals surface area (Å²) in [6, 6.07) is 18.2. The summed E-state index contributed by atoms with van der Waals surface area (Å²) in [6.45, 7) is 1.37. The number of ether oxygens (including phenoxy) is 1. The Bertz CT molecular complexity index is 820. The van der Waals surface area contributed by atoms with Crippen molar-refractivity contribution in [3.05, 3.63) is 72.1 Å². The van der Waals surface area contributed by atoms with E-state index in [9.17, 15) is 0 Å². The number of aromatic nitrogens is 2. The van der Waals surface area contributed by atoms with Gasteiger partial charge in [-0.05, 0) is 11.6 Å². The standard InChI is InChI=1S/C18H16N4O/c1-2-6-13(7-3-1)10-20-17-16-18(22-12-21-17)23-15-9-5-4-8-14(15)11-19-16/h1-9,12,19H,10-11H2,(H,20,21,22). The first-order valence-electron chi connectivity index (χ1n) is 7.52. The molecule has 2 N–H and O–H groups in total. The number of hydrogen-bond donors (Lipinski definition) is 2. The van der Waals surface area contributed by atoms with Gasteiger partial charge in [0.25, 0.3) is 0 Å². The molecular weight excluding hydrogens is 288 g/mol. The number of nitrogens with one attached hydrogen (secondary N) is 2. The van der Waals surface area contributed by atoms with Gasteiger partial charge in [-0.2, -0.15) is 4.98 Å². The van der Waals surface area contributed by atoms with Gasteiger partial charge >= 0.3 is 0 Å². The summed E-state index contributed by atoms with van der Waals surface area (Å²) in [5.74, 6) is 2.11. The lowest BCUT2D eigenvalue weighted by atomic mass is 10.2. The van der Waals surface area contributed by atoms with Crippen LogP contribution in [0.15, 0.2) is 60.9 Å². The van der Waals surface area contributed by atoms with Gasteiger partial charge in [0.1, 0.15) is 17.8 Å². The lowest BCUT2D eigenvalue weighted by Crippen LogP contribution is -2.07. The van der Waals surface area contributed by atoms with Crippen molar-refractivity contribution >= 4 is 11.5 Å². The zero-order valence-corrected chi connectivity index (χ0v) is 12.5. The highest BCUT2D eigenvalue weighted by atomic mass is 16.5. The second kappa shape index (κ2) is 5.96. The lowest BCUT2D eigenvalue weighted by Gasteiger charge is -2.12. The first-order chi connectivity index (χ1) is 11.4. The molecule has 0 radical (unpaired) electrons. The Labute approximate surface area is 134 Å². The van der Waals surface area contributed by atoms with E-state index in [2.05, 4.69) is 32.7 Å². The maximum absolute atomic E-state index is 5.94. The van der Waals surface area contributed by atoms with Gasteiger partial charge in [0.15, 0.2) is 5.82 Å². The van der Waals surface area contributed by atoms with E-state index in [4.69, 9.17) is 4.74 Å². The third kappa shape index (κ3) is 2.81. The molecule has 0 saturated carbocycles. The van der Waals surface area contributed by atoms with Crippen LogP contribution in [0.1, 0.15) is 11.1 Å². The average molecular weight is 304 g/mol. The summed E-state index contributed by atoms with van der Waals surface area (Å²) in [7, 11) is 0. The van der Waals surface area contributed by atoms with E-state index in [0.717, 1.165) is 22.8 Å².